The molecule has 0 aliphatic carbocycles. The molecule has 1 aromatic rings. The molecule has 19 heavy (non-hydrogen) atoms. The van der Waals surface area contributed by atoms with Crippen LogP contribution in [0.15, 0.2) is 24.9 Å². The second-order valence-corrected chi connectivity index (χ2v) is 7.44. The Morgan fingerprint density at radius 3 is 2.79 bits per heavy atom. The molecular formula is C13H18ClFN2OS. The fourth-order valence-electron chi connectivity index (χ4n) is 1.41. The summed E-state index contributed by atoms with van der Waals surface area (Å²) in [6.07, 6.45) is 3.52. The Morgan fingerprint density at radius 2 is 2.26 bits per heavy atom. The first-order valence-electron chi connectivity index (χ1n) is 5.86. The summed E-state index contributed by atoms with van der Waals surface area (Å²) in [5.41, 5.74) is 0.345. The molecule has 0 aliphatic heterocycles. The highest BCUT2D eigenvalue weighted by molar-refractivity contribution is 7.90. The highest BCUT2D eigenvalue weighted by atomic mass is 35.5. The Hall–Kier alpha value is -0.620. The van der Waals surface area contributed by atoms with E-state index in [9.17, 15) is 8.94 Å². The van der Waals surface area contributed by atoms with Crippen LogP contribution in [0.1, 0.15) is 38.8 Å². The second-order valence-electron chi connectivity index (χ2n) is 5.08. The molecule has 0 aromatic carbocycles. The highest BCUT2D eigenvalue weighted by Gasteiger charge is 2.30. The third-order valence-corrected chi connectivity index (χ3v) is 4.33. The normalized spacial score (nSPS) is 15.1. The van der Waals surface area contributed by atoms with Crippen LogP contribution >= 0.6 is 11.6 Å². The van der Waals surface area contributed by atoms with Gasteiger partial charge in [0.25, 0.3) is 0 Å². The van der Waals surface area contributed by atoms with E-state index >= 15 is 0 Å². The quantitative estimate of drug-likeness (QED) is 0.514. The van der Waals surface area contributed by atoms with Crippen LogP contribution in [0.5, 0.6) is 0 Å². The number of hydrogen-bond acceptors (Lipinski definition) is 3. The number of pyridine rings is 1. The zero-order chi connectivity index (χ0) is 14.6. The first-order valence-corrected chi connectivity index (χ1v) is 7.39. The van der Waals surface area contributed by atoms with Gasteiger partial charge >= 0.3 is 0 Å². The van der Waals surface area contributed by atoms with Gasteiger partial charge in [-0.05, 0) is 33.3 Å². The van der Waals surface area contributed by atoms with Crippen molar-refractivity contribution in [2.75, 3.05) is 0 Å². The van der Waals surface area contributed by atoms with Crippen LogP contribution in [-0.4, -0.2) is 14.3 Å². The first kappa shape index (κ1) is 16.4. The molecule has 3 nitrogen and oxygen atoms in total. The van der Waals surface area contributed by atoms with Gasteiger partial charge in [0.05, 0.1) is 6.04 Å². The predicted octanol–water partition coefficient (Wildman–Crippen LogP) is 3.54. The molecule has 0 saturated heterocycles. The van der Waals surface area contributed by atoms with E-state index in [1.165, 1.54) is 12.3 Å². The van der Waals surface area contributed by atoms with Gasteiger partial charge in [-0.3, -0.25) is 0 Å². The third kappa shape index (κ3) is 4.45. The van der Waals surface area contributed by atoms with Crippen molar-refractivity contribution in [3.63, 3.8) is 0 Å². The minimum Gasteiger partial charge on any atom is -0.598 e. The van der Waals surface area contributed by atoms with Crippen molar-refractivity contribution < 1.29 is 8.94 Å². The van der Waals surface area contributed by atoms with Crippen molar-refractivity contribution >= 4 is 23.0 Å². The molecule has 0 spiro atoms. The van der Waals surface area contributed by atoms with E-state index in [1.54, 1.807) is 6.08 Å². The minimum absolute atomic E-state index is 0.185. The maximum atomic E-state index is 14.0. The molecule has 0 radical (unpaired) electrons. The largest absolute Gasteiger partial charge is 0.598 e. The van der Waals surface area contributed by atoms with Crippen LogP contribution < -0.4 is 4.72 Å². The van der Waals surface area contributed by atoms with E-state index in [0.29, 0.717) is 12.0 Å². The molecule has 0 aliphatic rings. The van der Waals surface area contributed by atoms with Gasteiger partial charge in [-0.1, -0.05) is 17.7 Å². The Bertz CT molecular complexity index is 451. The highest BCUT2D eigenvalue weighted by Crippen LogP contribution is 2.26. The van der Waals surface area contributed by atoms with E-state index < -0.39 is 28.0 Å². The van der Waals surface area contributed by atoms with Gasteiger partial charge in [-0.2, -0.15) is 0 Å². The Labute approximate surface area is 121 Å². The van der Waals surface area contributed by atoms with E-state index in [1.807, 2.05) is 20.8 Å². The molecule has 1 unspecified atom stereocenters. The zero-order valence-corrected chi connectivity index (χ0v) is 12.8. The fraction of sp³-hybridized carbons (Fsp3) is 0.462. The van der Waals surface area contributed by atoms with Crippen molar-refractivity contribution in [2.45, 2.75) is 38.0 Å². The lowest BCUT2D eigenvalue weighted by Crippen LogP contribution is -2.41. The van der Waals surface area contributed by atoms with Crippen molar-refractivity contribution in [1.29, 1.82) is 0 Å². The molecule has 6 heteroatoms. The second kappa shape index (κ2) is 6.70. The average molecular weight is 305 g/mol. The Morgan fingerprint density at radius 1 is 1.63 bits per heavy atom. The summed E-state index contributed by atoms with van der Waals surface area (Å²) >= 11 is 4.36. The van der Waals surface area contributed by atoms with E-state index in [2.05, 4.69) is 16.3 Å². The molecule has 2 atom stereocenters. The van der Waals surface area contributed by atoms with Crippen LogP contribution in [0, 0.1) is 5.82 Å². The molecule has 1 aromatic heterocycles. The van der Waals surface area contributed by atoms with Crippen LogP contribution in [0.4, 0.5) is 4.39 Å². The van der Waals surface area contributed by atoms with Crippen LogP contribution in [0.25, 0.3) is 0 Å². The van der Waals surface area contributed by atoms with Gasteiger partial charge in [0, 0.05) is 23.1 Å². The molecular weight excluding hydrogens is 287 g/mol. The lowest BCUT2D eigenvalue weighted by atomic mass is 10.1. The van der Waals surface area contributed by atoms with Gasteiger partial charge in [0.2, 0.25) is 0 Å². The standard InChI is InChI=1S/C13H18ClFN2OS/c1-5-6-10(17-19(18)13(2,3)4)9-7-8-16-12(14)11(9)15/h5,7-8,10,17H,1,6H2,2-4H3/t10-,19?/m0/s1. The molecule has 1 N–H and O–H groups in total. The summed E-state index contributed by atoms with van der Waals surface area (Å²) in [5.74, 6) is -0.588. The smallest absolute Gasteiger partial charge is 0.165 e. The number of halogens is 2. The predicted molar refractivity (Wildman–Crippen MR) is 77.8 cm³/mol. The SMILES string of the molecule is C=CC[C@H](N[S+]([O-])C(C)(C)C)c1ccnc(Cl)c1F. The number of nitrogens with one attached hydrogen (secondary N) is 1. The molecule has 0 bridgehead atoms. The number of rotatable bonds is 5. The summed E-state index contributed by atoms with van der Waals surface area (Å²) in [7, 11) is 0. The topological polar surface area (TPSA) is 48.0 Å². The van der Waals surface area contributed by atoms with Crippen LogP contribution in [-0.2, 0) is 11.4 Å². The molecule has 1 rings (SSSR count). The monoisotopic (exact) mass is 304 g/mol. The van der Waals surface area contributed by atoms with Crippen molar-refractivity contribution in [2.24, 2.45) is 0 Å². The third-order valence-electron chi connectivity index (χ3n) is 2.46. The summed E-state index contributed by atoms with van der Waals surface area (Å²) in [5, 5.41) is -0.185. The summed E-state index contributed by atoms with van der Waals surface area (Å²) in [4.78, 5) is 3.67. The van der Waals surface area contributed by atoms with Crippen LogP contribution in [0.3, 0.4) is 0 Å². The number of hydrogen-bond donors (Lipinski definition) is 1. The zero-order valence-electron chi connectivity index (χ0n) is 11.2. The molecule has 106 valence electrons. The summed E-state index contributed by atoms with van der Waals surface area (Å²) < 4.78 is 28.5. The summed E-state index contributed by atoms with van der Waals surface area (Å²) in [6, 6.07) is 1.08. The van der Waals surface area contributed by atoms with Gasteiger partial charge in [0.1, 0.15) is 4.75 Å². The maximum absolute atomic E-state index is 14.0. The van der Waals surface area contributed by atoms with Gasteiger partial charge in [-0.15, -0.1) is 11.3 Å². The average Bonchev–Trinajstić information content (AvgIpc) is 2.31. The lowest BCUT2D eigenvalue weighted by Gasteiger charge is -2.27. The number of aromatic nitrogens is 1. The van der Waals surface area contributed by atoms with Crippen molar-refractivity contribution in [1.82, 2.24) is 9.71 Å². The number of nitrogens with zero attached hydrogens (tertiary/aromatic N) is 1. The Kier molecular flexibility index (Phi) is 5.80. The van der Waals surface area contributed by atoms with E-state index in [4.69, 9.17) is 11.6 Å². The van der Waals surface area contributed by atoms with E-state index in [-0.39, 0.29) is 5.15 Å². The van der Waals surface area contributed by atoms with Crippen LogP contribution in [0.2, 0.25) is 5.15 Å². The van der Waals surface area contributed by atoms with Crippen molar-refractivity contribution in [3.05, 3.63) is 41.5 Å². The first-order chi connectivity index (χ1) is 8.77. The molecule has 0 fully saturated rings. The fourth-order valence-corrected chi connectivity index (χ4v) is 2.41. The van der Waals surface area contributed by atoms with Gasteiger partial charge < -0.3 is 4.55 Å². The Balaban J connectivity index is 3.01. The van der Waals surface area contributed by atoms with Crippen molar-refractivity contribution in [3.8, 4) is 0 Å². The summed E-state index contributed by atoms with van der Waals surface area (Å²) in [6.45, 7) is 9.17. The molecule has 0 saturated carbocycles. The molecule has 0 amide bonds. The lowest BCUT2D eigenvalue weighted by molar-refractivity contribution is 0.511. The van der Waals surface area contributed by atoms with E-state index in [0.717, 1.165) is 0 Å². The molecule has 1 heterocycles. The van der Waals surface area contributed by atoms with Gasteiger partial charge in [0.15, 0.2) is 11.0 Å². The maximum Gasteiger partial charge on any atom is 0.165 e. The minimum atomic E-state index is -1.31. The van der Waals surface area contributed by atoms with Gasteiger partial charge in [-0.25, -0.2) is 9.37 Å².